The van der Waals surface area contributed by atoms with Gasteiger partial charge in [-0.3, -0.25) is 0 Å². The van der Waals surface area contributed by atoms with Crippen LogP contribution in [0.3, 0.4) is 0 Å². The first-order chi connectivity index (χ1) is 8.27. The van der Waals surface area contributed by atoms with Gasteiger partial charge in [0.05, 0.1) is 0 Å². The molecule has 5 nitrogen and oxygen atoms in total. The van der Waals surface area contributed by atoms with Gasteiger partial charge in [0.25, 0.3) is 0 Å². The average molecular weight is 257 g/mol. The molecule has 0 aliphatic rings. The maximum absolute atomic E-state index is 5.70. The Kier molecular flexibility index (Phi) is 6.91. The second-order valence-electron chi connectivity index (χ2n) is 3.22. The lowest BCUT2D eigenvalue weighted by Gasteiger charge is -2.16. The Labute approximate surface area is 106 Å². The second-order valence-corrected chi connectivity index (χ2v) is 4.31. The molecule has 0 bridgehead atoms. The van der Waals surface area contributed by atoms with Crippen LogP contribution >= 0.6 is 11.8 Å². The number of rotatable bonds is 8. The highest BCUT2D eigenvalue weighted by atomic mass is 32.2. The van der Waals surface area contributed by atoms with Crippen molar-refractivity contribution >= 4 is 17.6 Å². The molecule has 17 heavy (non-hydrogen) atoms. The van der Waals surface area contributed by atoms with Gasteiger partial charge in [-0.15, -0.1) is 11.8 Å². The number of hydrogen-bond donors (Lipinski definition) is 1. The minimum absolute atomic E-state index is 0.143. The summed E-state index contributed by atoms with van der Waals surface area (Å²) in [7, 11) is 0. The summed E-state index contributed by atoms with van der Waals surface area (Å²) in [4.78, 5) is 8.14. The van der Waals surface area contributed by atoms with Crippen LogP contribution in [0.25, 0.3) is 0 Å². The van der Waals surface area contributed by atoms with E-state index < -0.39 is 0 Å². The first-order valence-electron chi connectivity index (χ1n) is 5.70. The predicted octanol–water partition coefficient (Wildman–Crippen LogP) is 1.94. The number of nitrogens with two attached hydrogens (primary N) is 1. The smallest absolute Gasteiger partial charge is 0.158 e. The van der Waals surface area contributed by atoms with Crippen molar-refractivity contribution in [1.29, 1.82) is 0 Å². The van der Waals surface area contributed by atoms with Gasteiger partial charge in [-0.1, -0.05) is 0 Å². The van der Waals surface area contributed by atoms with Crippen molar-refractivity contribution in [3.8, 4) is 0 Å². The molecule has 0 aromatic carbocycles. The van der Waals surface area contributed by atoms with Gasteiger partial charge in [0.2, 0.25) is 0 Å². The van der Waals surface area contributed by atoms with Crippen molar-refractivity contribution in [1.82, 2.24) is 9.97 Å². The topological polar surface area (TPSA) is 70.3 Å². The van der Waals surface area contributed by atoms with Crippen LogP contribution in [0.4, 0.5) is 5.82 Å². The molecule has 0 amide bonds. The molecule has 0 radical (unpaired) electrons. The monoisotopic (exact) mass is 257 g/mol. The number of thioether (sulfide) groups is 1. The summed E-state index contributed by atoms with van der Waals surface area (Å²) in [6.07, 6.45) is 3.89. The Morgan fingerprint density at radius 2 is 1.88 bits per heavy atom. The molecule has 0 unspecified atom stereocenters. The van der Waals surface area contributed by atoms with E-state index in [2.05, 4.69) is 9.97 Å². The van der Waals surface area contributed by atoms with Gasteiger partial charge in [0, 0.05) is 37.8 Å². The summed E-state index contributed by atoms with van der Waals surface area (Å²) in [5.41, 5.74) is 5.70. The fourth-order valence-corrected chi connectivity index (χ4v) is 2.13. The zero-order valence-corrected chi connectivity index (χ0v) is 11.1. The lowest BCUT2D eigenvalue weighted by molar-refractivity contribution is -0.136. The third-order valence-corrected chi connectivity index (χ3v) is 3.02. The van der Waals surface area contributed by atoms with Crippen LogP contribution in [0.5, 0.6) is 0 Å². The summed E-state index contributed by atoms with van der Waals surface area (Å²) in [5.74, 6) is 1.31. The Bertz CT molecular complexity index is 319. The highest BCUT2D eigenvalue weighted by Gasteiger charge is 2.09. The van der Waals surface area contributed by atoms with Crippen molar-refractivity contribution in [2.45, 2.75) is 31.6 Å². The molecule has 0 saturated carbocycles. The maximum atomic E-state index is 5.70. The predicted molar refractivity (Wildman–Crippen MR) is 68.8 cm³/mol. The van der Waals surface area contributed by atoms with E-state index >= 15 is 0 Å². The zero-order valence-electron chi connectivity index (χ0n) is 10.3. The summed E-state index contributed by atoms with van der Waals surface area (Å²) in [6.45, 7) is 5.23. The van der Waals surface area contributed by atoms with Gasteiger partial charge in [-0.05, 0) is 13.8 Å². The first kappa shape index (κ1) is 14.2. The van der Waals surface area contributed by atoms with Gasteiger partial charge in [-0.2, -0.15) is 0 Å². The Morgan fingerprint density at radius 3 is 2.47 bits per heavy atom. The van der Waals surface area contributed by atoms with Crippen LogP contribution in [0.2, 0.25) is 0 Å². The van der Waals surface area contributed by atoms with Crippen LogP contribution in [0.15, 0.2) is 17.4 Å². The van der Waals surface area contributed by atoms with E-state index in [0.29, 0.717) is 19.0 Å². The fourth-order valence-electron chi connectivity index (χ4n) is 1.29. The van der Waals surface area contributed by atoms with Crippen molar-refractivity contribution in [2.75, 3.05) is 24.7 Å². The normalized spacial score (nSPS) is 11.0. The molecule has 2 N–H and O–H groups in total. The first-order valence-corrected chi connectivity index (χ1v) is 6.69. The highest BCUT2D eigenvalue weighted by Crippen LogP contribution is 2.21. The summed E-state index contributed by atoms with van der Waals surface area (Å²) < 4.78 is 10.9. The molecule has 1 aromatic rings. The van der Waals surface area contributed by atoms with E-state index in [1.165, 1.54) is 0 Å². The SMILES string of the molecule is CCOC(CCSc1nccnc1N)OCC. The van der Waals surface area contributed by atoms with Crippen LogP contribution in [0.1, 0.15) is 20.3 Å². The number of nitrogen functional groups attached to an aromatic ring is 1. The molecule has 1 heterocycles. The van der Waals surface area contributed by atoms with Crippen LogP contribution in [-0.2, 0) is 9.47 Å². The Balaban J connectivity index is 2.33. The number of anilines is 1. The molecule has 1 rings (SSSR count). The van der Waals surface area contributed by atoms with Gasteiger partial charge in [0.15, 0.2) is 12.1 Å². The molecule has 1 aromatic heterocycles. The lowest BCUT2D eigenvalue weighted by atomic mass is 10.5. The van der Waals surface area contributed by atoms with Gasteiger partial charge < -0.3 is 15.2 Å². The van der Waals surface area contributed by atoms with Crippen LogP contribution in [0, 0.1) is 0 Å². The summed E-state index contributed by atoms with van der Waals surface area (Å²) in [5, 5.41) is 0.763. The largest absolute Gasteiger partial charge is 0.381 e. The minimum Gasteiger partial charge on any atom is -0.381 e. The molecule has 0 fully saturated rings. The highest BCUT2D eigenvalue weighted by molar-refractivity contribution is 7.99. The molecule has 0 aliphatic heterocycles. The van der Waals surface area contributed by atoms with Gasteiger partial charge in [-0.25, -0.2) is 9.97 Å². The molecule has 0 spiro atoms. The van der Waals surface area contributed by atoms with Crippen molar-refractivity contribution < 1.29 is 9.47 Å². The molecule has 6 heteroatoms. The fraction of sp³-hybridized carbons (Fsp3) is 0.636. The van der Waals surface area contributed by atoms with Crippen molar-refractivity contribution in [2.24, 2.45) is 0 Å². The second kappa shape index (κ2) is 8.27. The third-order valence-electron chi connectivity index (χ3n) is 1.99. The summed E-state index contributed by atoms with van der Waals surface area (Å²) in [6, 6.07) is 0. The Morgan fingerprint density at radius 1 is 1.24 bits per heavy atom. The zero-order chi connectivity index (χ0) is 12.5. The number of ether oxygens (including phenoxy) is 2. The van der Waals surface area contributed by atoms with Gasteiger partial charge in [0.1, 0.15) is 5.03 Å². The molecular weight excluding hydrogens is 238 g/mol. The average Bonchev–Trinajstić information content (AvgIpc) is 2.32. The molecule has 0 atom stereocenters. The van der Waals surface area contributed by atoms with Crippen molar-refractivity contribution in [3.05, 3.63) is 12.4 Å². The van der Waals surface area contributed by atoms with E-state index in [1.54, 1.807) is 24.2 Å². The molecule has 0 aliphatic carbocycles. The number of nitrogens with zero attached hydrogens (tertiary/aromatic N) is 2. The van der Waals surface area contributed by atoms with Crippen LogP contribution < -0.4 is 5.73 Å². The van der Waals surface area contributed by atoms with Gasteiger partial charge >= 0.3 is 0 Å². The van der Waals surface area contributed by atoms with E-state index in [4.69, 9.17) is 15.2 Å². The molecule has 96 valence electrons. The number of aromatic nitrogens is 2. The number of hydrogen-bond acceptors (Lipinski definition) is 6. The van der Waals surface area contributed by atoms with E-state index in [9.17, 15) is 0 Å². The third kappa shape index (κ3) is 5.34. The lowest BCUT2D eigenvalue weighted by Crippen LogP contribution is -2.18. The van der Waals surface area contributed by atoms with E-state index in [0.717, 1.165) is 17.2 Å². The Hall–Kier alpha value is -0.850. The minimum atomic E-state index is -0.143. The van der Waals surface area contributed by atoms with E-state index in [-0.39, 0.29) is 6.29 Å². The van der Waals surface area contributed by atoms with E-state index in [1.807, 2.05) is 13.8 Å². The summed E-state index contributed by atoms with van der Waals surface area (Å²) >= 11 is 1.57. The quantitative estimate of drug-likeness (QED) is 0.567. The van der Waals surface area contributed by atoms with Crippen molar-refractivity contribution in [3.63, 3.8) is 0 Å². The molecular formula is C11H19N3O2S. The maximum Gasteiger partial charge on any atom is 0.158 e. The molecule has 0 saturated heterocycles. The van der Waals surface area contributed by atoms with Crippen LogP contribution in [-0.4, -0.2) is 35.2 Å². The standard InChI is InChI=1S/C11H19N3O2S/c1-3-15-9(16-4-2)5-8-17-11-10(12)13-6-7-14-11/h6-7,9H,3-5,8H2,1-2H3,(H2,12,13).